The fourth-order valence-electron chi connectivity index (χ4n) is 3.34. The SMILES string of the molecule is Cl.O=C(CC1(C(=O)NCCC2CC2)CCNC1)NCCC1CC1. The summed E-state index contributed by atoms with van der Waals surface area (Å²) in [5.41, 5.74) is -0.535. The predicted octanol–water partition coefficient (Wildman–Crippen LogP) is 1.61. The van der Waals surface area contributed by atoms with E-state index in [0.717, 1.165) is 50.7 Å². The maximum atomic E-state index is 12.6. The average molecular weight is 344 g/mol. The lowest BCUT2D eigenvalue weighted by Gasteiger charge is -2.26. The van der Waals surface area contributed by atoms with E-state index in [9.17, 15) is 9.59 Å². The minimum Gasteiger partial charge on any atom is -0.356 e. The molecule has 3 N–H and O–H groups in total. The van der Waals surface area contributed by atoms with Gasteiger partial charge in [-0.2, -0.15) is 0 Å². The zero-order chi connectivity index (χ0) is 15.4. The van der Waals surface area contributed by atoms with Gasteiger partial charge < -0.3 is 16.0 Å². The molecule has 6 heteroatoms. The van der Waals surface area contributed by atoms with Gasteiger partial charge in [0.05, 0.1) is 5.41 Å². The first-order valence-electron chi connectivity index (χ1n) is 8.94. The maximum Gasteiger partial charge on any atom is 0.228 e. The molecule has 0 bridgehead atoms. The fraction of sp³-hybridized carbons (Fsp3) is 0.882. The van der Waals surface area contributed by atoms with Gasteiger partial charge in [0.25, 0.3) is 0 Å². The monoisotopic (exact) mass is 343 g/mol. The maximum absolute atomic E-state index is 12.6. The first-order valence-corrected chi connectivity index (χ1v) is 8.94. The second-order valence-corrected chi connectivity index (χ2v) is 7.45. The highest BCUT2D eigenvalue weighted by atomic mass is 35.5. The third kappa shape index (κ3) is 5.64. The van der Waals surface area contributed by atoms with Crippen LogP contribution in [0.15, 0.2) is 0 Å². The zero-order valence-corrected chi connectivity index (χ0v) is 14.7. The third-order valence-corrected chi connectivity index (χ3v) is 5.33. The van der Waals surface area contributed by atoms with E-state index in [4.69, 9.17) is 0 Å². The Kier molecular flexibility index (Phi) is 6.72. The van der Waals surface area contributed by atoms with Gasteiger partial charge in [0, 0.05) is 26.1 Å². The van der Waals surface area contributed by atoms with Crippen LogP contribution >= 0.6 is 12.4 Å². The van der Waals surface area contributed by atoms with E-state index in [1.165, 1.54) is 25.7 Å². The van der Waals surface area contributed by atoms with Gasteiger partial charge in [-0.05, 0) is 37.6 Å². The molecule has 0 aromatic rings. The highest BCUT2D eigenvalue weighted by molar-refractivity contribution is 5.89. The Morgan fingerprint density at radius 3 is 2.13 bits per heavy atom. The summed E-state index contributed by atoms with van der Waals surface area (Å²) in [5, 5.41) is 9.32. The highest BCUT2D eigenvalue weighted by Crippen LogP contribution is 2.33. The Labute approximate surface area is 145 Å². The van der Waals surface area contributed by atoms with E-state index in [1.54, 1.807) is 0 Å². The van der Waals surface area contributed by atoms with Crippen LogP contribution in [0.5, 0.6) is 0 Å². The summed E-state index contributed by atoms with van der Waals surface area (Å²) in [4.78, 5) is 24.7. The topological polar surface area (TPSA) is 70.2 Å². The van der Waals surface area contributed by atoms with E-state index >= 15 is 0 Å². The Morgan fingerprint density at radius 1 is 1.00 bits per heavy atom. The van der Waals surface area contributed by atoms with Crippen LogP contribution < -0.4 is 16.0 Å². The number of carbonyl (C=O) groups is 2. The first kappa shape index (κ1) is 18.5. The molecule has 0 radical (unpaired) electrons. The van der Waals surface area contributed by atoms with Crippen molar-refractivity contribution in [1.82, 2.24) is 16.0 Å². The van der Waals surface area contributed by atoms with Crippen LogP contribution in [0.2, 0.25) is 0 Å². The Morgan fingerprint density at radius 2 is 1.61 bits per heavy atom. The van der Waals surface area contributed by atoms with Gasteiger partial charge in [0.1, 0.15) is 0 Å². The number of halogens is 1. The number of rotatable bonds is 9. The summed E-state index contributed by atoms with van der Waals surface area (Å²) >= 11 is 0. The Bertz CT molecular complexity index is 416. The first-order chi connectivity index (χ1) is 10.7. The van der Waals surface area contributed by atoms with Crippen molar-refractivity contribution in [3.8, 4) is 0 Å². The number of amides is 2. The van der Waals surface area contributed by atoms with Gasteiger partial charge in [0.2, 0.25) is 11.8 Å². The summed E-state index contributed by atoms with van der Waals surface area (Å²) in [6.07, 6.45) is 8.50. The molecule has 3 aliphatic rings. The molecule has 0 aromatic heterocycles. The molecule has 1 saturated heterocycles. The summed E-state index contributed by atoms with van der Waals surface area (Å²) in [7, 11) is 0. The van der Waals surface area contributed by atoms with Crippen molar-refractivity contribution in [2.24, 2.45) is 17.3 Å². The normalized spacial score (nSPS) is 26.4. The summed E-state index contributed by atoms with van der Waals surface area (Å²) < 4.78 is 0. The van der Waals surface area contributed by atoms with E-state index in [2.05, 4.69) is 16.0 Å². The molecule has 2 saturated carbocycles. The van der Waals surface area contributed by atoms with Crippen LogP contribution in [-0.2, 0) is 9.59 Å². The van der Waals surface area contributed by atoms with E-state index in [-0.39, 0.29) is 24.2 Å². The molecule has 1 atom stereocenters. The van der Waals surface area contributed by atoms with Crippen LogP contribution in [0.25, 0.3) is 0 Å². The van der Waals surface area contributed by atoms with E-state index in [0.29, 0.717) is 13.0 Å². The standard InChI is InChI=1S/C17H29N3O2.ClH/c21-15(19-8-5-13-1-2-13)11-17(7-10-18-12-17)16(22)20-9-6-14-3-4-14;/h13-14,18H,1-12H2,(H,19,21)(H,20,22);1H. The number of hydrogen-bond donors (Lipinski definition) is 3. The van der Waals surface area contributed by atoms with Crippen molar-refractivity contribution in [1.29, 1.82) is 0 Å². The minimum atomic E-state index is -0.535. The van der Waals surface area contributed by atoms with Gasteiger partial charge in [-0.1, -0.05) is 25.7 Å². The van der Waals surface area contributed by atoms with Crippen molar-refractivity contribution < 1.29 is 9.59 Å². The molecule has 3 fully saturated rings. The zero-order valence-electron chi connectivity index (χ0n) is 13.9. The molecule has 23 heavy (non-hydrogen) atoms. The van der Waals surface area contributed by atoms with Gasteiger partial charge in [-0.3, -0.25) is 9.59 Å². The Hall–Kier alpha value is -0.810. The van der Waals surface area contributed by atoms with Crippen molar-refractivity contribution in [3.05, 3.63) is 0 Å². The molecule has 0 spiro atoms. The molecule has 1 heterocycles. The fourth-order valence-corrected chi connectivity index (χ4v) is 3.34. The smallest absolute Gasteiger partial charge is 0.228 e. The van der Waals surface area contributed by atoms with Crippen LogP contribution in [0.1, 0.15) is 51.4 Å². The number of carbonyl (C=O) groups excluding carboxylic acids is 2. The quantitative estimate of drug-likeness (QED) is 0.595. The molecule has 1 unspecified atom stereocenters. The Balaban J connectivity index is 0.00000192. The molecule has 2 aliphatic carbocycles. The van der Waals surface area contributed by atoms with Crippen molar-refractivity contribution in [2.75, 3.05) is 26.2 Å². The molecule has 1 aliphatic heterocycles. The van der Waals surface area contributed by atoms with Crippen LogP contribution in [0.3, 0.4) is 0 Å². The minimum absolute atomic E-state index is 0. The van der Waals surface area contributed by atoms with E-state index < -0.39 is 5.41 Å². The van der Waals surface area contributed by atoms with Crippen molar-refractivity contribution in [2.45, 2.75) is 51.4 Å². The van der Waals surface area contributed by atoms with Gasteiger partial charge in [-0.25, -0.2) is 0 Å². The van der Waals surface area contributed by atoms with Gasteiger partial charge >= 0.3 is 0 Å². The molecule has 2 amide bonds. The van der Waals surface area contributed by atoms with E-state index in [1.807, 2.05) is 0 Å². The second kappa shape index (κ2) is 8.34. The molecule has 0 aromatic carbocycles. The van der Waals surface area contributed by atoms with Gasteiger partial charge in [0.15, 0.2) is 0 Å². The van der Waals surface area contributed by atoms with Crippen LogP contribution in [-0.4, -0.2) is 38.0 Å². The lowest BCUT2D eigenvalue weighted by molar-refractivity contribution is -0.135. The molecule has 5 nitrogen and oxygen atoms in total. The van der Waals surface area contributed by atoms with Crippen molar-refractivity contribution >= 4 is 24.2 Å². The summed E-state index contributed by atoms with van der Waals surface area (Å²) in [5.74, 6) is 1.74. The van der Waals surface area contributed by atoms with Crippen molar-refractivity contribution in [3.63, 3.8) is 0 Å². The molecule has 3 rings (SSSR count). The summed E-state index contributed by atoms with van der Waals surface area (Å²) in [6, 6.07) is 0. The lowest BCUT2D eigenvalue weighted by Crippen LogP contribution is -2.46. The number of nitrogens with one attached hydrogen (secondary N) is 3. The average Bonchev–Trinajstić information content (AvgIpc) is 3.41. The molecular formula is C17H30ClN3O2. The largest absolute Gasteiger partial charge is 0.356 e. The van der Waals surface area contributed by atoms with Crippen LogP contribution in [0.4, 0.5) is 0 Å². The lowest BCUT2D eigenvalue weighted by atomic mass is 9.82. The van der Waals surface area contributed by atoms with Crippen LogP contribution in [0, 0.1) is 17.3 Å². The molecule has 132 valence electrons. The van der Waals surface area contributed by atoms with Gasteiger partial charge in [-0.15, -0.1) is 12.4 Å². The predicted molar refractivity (Wildman–Crippen MR) is 92.5 cm³/mol. The third-order valence-electron chi connectivity index (χ3n) is 5.33. The molecular weight excluding hydrogens is 314 g/mol. The second-order valence-electron chi connectivity index (χ2n) is 7.45. The number of hydrogen-bond acceptors (Lipinski definition) is 3. The summed E-state index contributed by atoms with van der Waals surface area (Å²) in [6.45, 7) is 2.97. The highest BCUT2D eigenvalue weighted by Gasteiger charge is 2.42.